The van der Waals surface area contributed by atoms with E-state index in [1.54, 1.807) is 4.31 Å². The number of hydrogen-bond acceptors (Lipinski definition) is 4. The summed E-state index contributed by atoms with van der Waals surface area (Å²) in [6.45, 7) is 9.15. The van der Waals surface area contributed by atoms with Crippen LogP contribution in [-0.4, -0.2) is 80.9 Å². The topological polar surface area (TPSA) is 55.9 Å². The van der Waals surface area contributed by atoms with E-state index in [9.17, 15) is 8.42 Å². The number of hydrogen-bond donors (Lipinski definition) is 1. The average molecular weight is 304 g/mol. The molecule has 0 bridgehead atoms. The van der Waals surface area contributed by atoms with Crippen LogP contribution in [0.3, 0.4) is 0 Å². The van der Waals surface area contributed by atoms with Crippen molar-refractivity contribution in [3.05, 3.63) is 0 Å². The molecule has 2 aliphatic rings. The number of likely N-dealkylation sites (N-methyl/N-ethyl adjacent to an activating group) is 1. The molecule has 20 heavy (non-hydrogen) atoms. The molecule has 1 N–H and O–H groups in total. The van der Waals surface area contributed by atoms with Crippen LogP contribution in [0, 0.1) is 0 Å². The molecule has 6 nitrogen and oxygen atoms in total. The number of nitrogens with one attached hydrogen (secondary N) is 1. The first kappa shape index (κ1) is 16.2. The maximum Gasteiger partial charge on any atom is 0.279 e. The zero-order valence-corrected chi connectivity index (χ0v) is 13.7. The molecule has 0 amide bonds. The van der Waals surface area contributed by atoms with Crippen LogP contribution < -0.4 is 4.72 Å². The molecule has 2 aliphatic heterocycles. The Morgan fingerprint density at radius 3 is 2.05 bits per heavy atom. The molecule has 7 heteroatoms. The van der Waals surface area contributed by atoms with E-state index < -0.39 is 10.2 Å². The summed E-state index contributed by atoms with van der Waals surface area (Å²) in [6, 6.07) is 0.639. The Kier molecular flexibility index (Phi) is 5.42. The number of piperazine rings is 1. The zero-order chi connectivity index (χ0) is 14.8. The summed E-state index contributed by atoms with van der Waals surface area (Å²) in [4.78, 5) is 4.56. The van der Waals surface area contributed by atoms with E-state index in [1.807, 2.05) is 7.05 Å². The average Bonchev–Trinajstić information content (AvgIpc) is 2.39. The second-order valence-electron chi connectivity index (χ2n) is 6.23. The van der Waals surface area contributed by atoms with E-state index in [0.29, 0.717) is 19.1 Å². The van der Waals surface area contributed by atoms with Gasteiger partial charge in [0.2, 0.25) is 0 Å². The van der Waals surface area contributed by atoms with Gasteiger partial charge in [0.25, 0.3) is 10.2 Å². The minimum Gasteiger partial charge on any atom is -0.304 e. The smallest absolute Gasteiger partial charge is 0.279 e. The number of likely N-dealkylation sites (tertiary alicyclic amines) is 1. The second kappa shape index (κ2) is 6.70. The molecule has 2 heterocycles. The quantitative estimate of drug-likeness (QED) is 0.791. The van der Waals surface area contributed by atoms with Gasteiger partial charge in [0.1, 0.15) is 0 Å². The Bertz CT molecular complexity index is 397. The Hall–Kier alpha value is -0.210. The van der Waals surface area contributed by atoms with E-state index in [2.05, 4.69) is 28.4 Å². The minimum atomic E-state index is -3.31. The Morgan fingerprint density at radius 1 is 1.00 bits per heavy atom. The van der Waals surface area contributed by atoms with Gasteiger partial charge in [0, 0.05) is 38.3 Å². The highest BCUT2D eigenvalue weighted by Crippen LogP contribution is 2.15. The van der Waals surface area contributed by atoms with Gasteiger partial charge in [0.15, 0.2) is 0 Å². The van der Waals surface area contributed by atoms with Gasteiger partial charge in [-0.3, -0.25) is 0 Å². The van der Waals surface area contributed by atoms with Gasteiger partial charge in [-0.25, -0.2) is 0 Å². The third-order valence-electron chi connectivity index (χ3n) is 4.38. The summed E-state index contributed by atoms with van der Waals surface area (Å²) in [5, 5.41) is 0. The van der Waals surface area contributed by atoms with Crippen LogP contribution >= 0.6 is 0 Å². The fourth-order valence-electron chi connectivity index (χ4n) is 2.85. The normalized spacial score (nSPS) is 25.4. The van der Waals surface area contributed by atoms with Crippen LogP contribution in [0.1, 0.15) is 26.7 Å². The Labute approximate surface area is 123 Å². The molecule has 2 rings (SSSR count). The van der Waals surface area contributed by atoms with Crippen molar-refractivity contribution in [2.24, 2.45) is 0 Å². The minimum absolute atomic E-state index is 0.0923. The van der Waals surface area contributed by atoms with Crippen LogP contribution in [0.15, 0.2) is 0 Å². The van der Waals surface area contributed by atoms with Crippen molar-refractivity contribution in [3.63, 3.8) is 0 Å². The lowest BCUT2D eigenvalue weighted by Crippen LogP contribution is -2.54. The van der Waals surface area contributed by atoms with Crippen molar-refractivity contribution < 1.29 is 8.42 Å². The van der Waals surface area contributed by atoms with E-state index in [-0.39, 0.29) is 6.04 Å². The van der Waals surface area contributed by atoms with Crippen molar-refractivity contribution in [2.45, 2.75) is 38.8 Å². The Morgan fingerprint density at radius 2 is 1.55 bits per heavy atom. The van der Waals surface area contributed by atoms with E-state index in [4.69, 9.17) is 0 Å². The number of piperidine rings is 1. The first-order chi connectivity index (χ1) is 9.38. The maximum absolute atomic E-state index is 12.4. The van der Waals surface area contributed by atoms with Crippen LogP contribution in [0.5, 0.6) is 0 Å². The van der Waals surface area contributed by atoms with E-state index in [1.165, 1.54) is 0 Å². The molecule has 0 atom stereocenters. The third-order valence-corrected chi connectivity index (χ3v) is 6.05. The van der Waals surface area contributed by atoms with Gasteiger partial charge < -0.3 is 9.80 Å². The highest BCUT2D eigenvalue weighted by molar-refractivity contribution is 7.87. The molecule has 0 aromatic rings. The summed E-state index contributed by atoms with van der Waals surface area (Å²) < 4.78 is 29.2. The monoisotopic (exact) mass is 304 g/mol. The highest BCUT2D eigenvalue weighted by atomic mass is 32.2. The van der Waals surface area contributed by atoms with Crippen molar-refractivity contribution in [1.29, 1.82) is 0 Å². The molecule has 0 saturated carbocycles. The molecular formula is C13H28N4O2S. The molecule has 2 fully saturated rings. The SMILES string of the molecule is CC(C)N1CCC(NS(=O)(=O)N2CCN(C)CC2)CC1. The first-order valence-corrected chi connectivity index (χ1v) is 9.02. The molecule has 0 aromatic heterocycles. The van der Waals surface area contributed by atoms with Crippen LogP contribution in [0.4, 0.5) is 0 Å². The van der Waals surface area contributed by atoms with Crippen LogP contribution in [0.25, 0.3) is 0 Å². The lowest BCUT2D eigenvalue weighted by Gasteiger charge is -2.37. The lowest BCUT2D eigenvalue weighted by molar-refractivity contribution is 0.166. The molecular weight excluding hydrogens is 276 g/mol. The van der Waals surface area contributed by atoms with E-state index in [0.717, 1.165) is 39.0 Å². The van der Waals surface area contributed by atoms with Crippen LogP contribution in [0.2, 0.25) is 0 Å². The van der Waals surface area contributed by atoms with Gasteiger partial charge in [-0.1, -0.05) is 0 Å². The zero-order valence-electron chi connectivity index (χ0n) is 12.9. The largest absolute Gasteiger partial charge is 0.304 e. The summed E-state index contributed by atoms with van der Waals surface area (Å²) in [5.41, 5.74) is 0. The number of rotatable bonds is 4. The second-order valence-corrected chi connectivity index (χ2v) is 7.93. The van der Waals surface area contributed by atoms with Crippen molar-refractivity contribution in [2.75, 3.05) is 46.3 Å². The Balaban J connectivity index is 1.84. The summed E-state index contributed by atoms with van der Waals surface area (Å²) in [7, 11) is -1.28. The standard InChI is InChI=1S/C13H28N4O2S/c1-12(2)16-6-4-13(5-7-16)14-20(18,19)17-10-8-15(3)9-11-17/h12-14H,4-11H2,1-3H3. The maximum atomic E-state index is 12.4. The summed E-state index contributed by atoms with van der Waals surface area (Å²) in [6.07, 6.45) is 1.82. The summed E-state index contributed by atoms with van der Waals surface area (Å²) in [5.74, 6) is 0. The van der Waals surface area contributed by atoms with Crippen LogP contribution in [-0.2, 0) is 10.2 Å². The predicted octanol–water partition coefficient (Wildman–Crippen LogP) is -0.0590. The fourth-order valence-corrected chi connectivity index (χ4v) is 4.30. The van der Waals surface area contributed by atoms with Gasteiger partial charge >= 0.3 is 0 Å². The van der Waals surface area contributed by atoms with Gasteiger partial charge in [-0.15, -0.1) is 0 Å². The fraction of sp³-hybridized carbons (Fsp3) is 1.00. The molecule has 0 aliphatic carbocycles. The van der Waals surface area contributed by atoms with Crippen molar-refractivity contribution in [3.8, 4) is 0 Å². The first-order valence-electron chi connectivity index (χ1n) is 7.58. The van der Waals surface area contributed by atoms with Crippen molar-refractivity contribution in [1.82, 2.24) is 18.8 Å². The van der Waals surface area contributed by atoms with Gasteiger partial charge in [-0.05, 0) is 46.8 Å². The molecule has 0 radical (unpaired) electrons. The highest BCUT2D eigenvalue weighted by Gasteiger charge is 2.30. The predicted molar refractivity (Wildman–Crippen MR) is 80.9 cm³/mol. The lowest BCUT2D eigenvalue weighted by atomic mass is 10.1. The number of nitrogens with zero attached hydrogens (tertiary/aromatic N) is 3. The van der Waals surface area contributed by atoms with Gasteiger partial charge in [0.05, 0.1) is 0 Å². The molecule has 0 unspecified atom stereocenters. The molecule has 0 spiro atoms. The molecule has 2 saturated heterocycles. The summed E-state index contributed by atoms with van der Waals surface area (Å²) >= 11 is 0. The van der Waals surface area contributed by atoms with E-state index >= 15 is 0 Å². The molecule has 0 aromatic carbocycles. The third kappa shape index (κ3) is 4.14. The molecule has 118 valence electrons. The van der Waals surface area contributed by atoms with Crippen molar-refractivity contribution >= 4 is 10.2 Å². The van der Waals surface area contributed by atoms with Gasteiger partial charge in [-0.2, -0.15) is 17.4 Å².